The SMILES string of the molecule is O=C(/C=C/c1ccccc1)n1c(-c2ccccc2[N+](=O)[O-])nc2ccccc21. The minimum atomic E-state index is -0.469. The Kier molecular flexibility index (Phi) is 4.51. The molecule has 1 heterocycles. The minimum absolute atomic E-state index is 0.0982. The lowest BCUT2D eigenvalue weighted by molar-refractivity contribution is -0.384. The first-order chi connectivity index (χ1) is 13.6. The molecule has 0 N–H and O–H groups in total. The normalized spacial score (nSPS) is 11.1. The fourth-order valence-electron chi connectivity index (χ4n) is 3.06. The number of benzene rings is 3. The summed E-state index contributed by atoms with van der Waals surface area (Å²) in [7, 11) is 0. The maximum absolute atomic E-state index is 13.0. The van der Waals surface area contributed by atoms with Gasteiger partial charge in [-0.25, -0.2) is 4.98 Å². The Morgan fingerprint density at radius 3 is 2.39 bits per heavy atom. The molecule has 28 heavy (non-hydrogen) atoms. The molecule has 6 nitrogen and oxygen atoms in total. The van der Waals surface area contributed by atoms with Crippen molar-refractivity contribution in [2.45, 2.75) is 0 Å². The largest absolute Gasteiger partial charge is 0.280 e. The highest BCUT2D eigenvalue weighted by Gasteiger charge is 2.23. The quantitative estimate of drug-likeness (QED) is 0.289. The molecule has 1 aromatic heterocycles. The van der Waals surface area contributed by atoms with Crippen LogP contribution in [0.25, 0.3) is 28.5 Å². The van der Waals surface area contributed by atoms with E-state index < -0.39 is 4.92 Å². The van der Waals surface area contributed by atoms with Gasteiger partial charge in [-0.2, -0.15) is 0 Å². The molecule has 0 aliphatic rings. The van der Waals surface area contributed by atoms with Crippen LogP contribution in [0, 0.1) is 10.1 Å². The summed E-state index contributed by atoms with van der Waals surface area (Å²) in [6.45, 7) is 0. The van der Waals surface area contributed by atoms with Crippen molar-refractivity contribution in [3.63, 3.8) is 0 Å². The van der Waals surface area contributed by atoms with E-state index in [0.29, 0.717) is 16.6 Å². The third-order valence-electron chi connectivity index (χ3n) is 4.34. The zero-order chi connectivity index (χ0) is 19.5. The standard InChI is InChI=1S/C22H15N3O3/c26-21(15-14-16-8-2-1-3-9-16)24-20-13-7-5-11-18(20)23-22(24)17-10-4-6-12-19(17)25(27)28/h1-15H/b15-14+. The van der Waals surface area contributed by atoms with Gasteiger partial charge in [0, 0.05) is 12.1 Å². The van der Waals surface area contributed by atoms with Gasteiger partial charge in [0.2, 0.25) is 0 Å². The number of carbonyl (C=O) groups is 1. The number of fused-ring (bicyclic) bond motifs is 1. The molecular formula is C22H15N3O3. The predicted molar refractivity (Wildman–Crippen MR) is 108 cm³/mol. The van der Waals surface area contributed by atoms with Crippen LogP contribution in [-0.4, -0.2) is 20.4 Å². The van der Waals surface area contributed by atoms with E-state index >= 15 is 0 Å². The number of para-hydroxylation sites is 3. The van der Waals surface area contributed by atoms with E-state index in [0.717, 1.165) is 5.56 Å². The van der Waals surface area contributed by atoms with E-state index in [2.05, 4.69) is 4.98 Å². The number of hydrogen-bond acceptors (Lipinski definition) is 4. The molecule has 0 radical (unpaired) electrons. The van der Waals surface area contributed by atoms with Crippen LogP contribution < -0.4 is 0 Å². The van der Waals surface area contributed by atoms with Crippen LogP contribution >= 0.6 is 0 Å². The van der Waals surface area contributed by atoms with Crippen LogP contribution in [0.3, 0.4) is 0 Å². The first kappa shape index (κ1) is 17.4. The molecule has 0 bridgehead atoms. The highest BCUT2D eigenvalue weighted by molar-refractivity contribution is 6.02. The smallest absolute Gasteiger partial charge is 0.269 e. The third-order valence-corrected chi connectivity index (χ3v) is 4.34. The van der Waals surface area contributed by atoms with Gasteiger partial charge in [0.1, 0.15) is 0 Å². The third kappa shape index (κ3) is 3.19. The number of nitro benzene ring substituents is 1. The molecular weight excluding hydrogens is 354 g/mol. The van der Waals surface area contributed by atoms with E-state index in [1.165, 1.54) is 16.7 Å². The topological polar surface area (TPSA) is 78.0 Å². The lowest BCUT2D eigenvalue weighted by Gasteiger charge is -2.06. The summed E-state index contributed by atoms with van der Waals surface area (Å²) in [5.74, 6) is -0.0816. The molecule has 0 amide bonds. The summed E-state index contributed by atoms with van der Waals surface area (Å²) in [5.41, 5.74) is 2.27. The number of aromatic nitrogens is 2. The van der Waals surface area contributed by atoms with Gasteiger partial charge in [0.05, 0.1) is 21.5 Å². The van der Waals surface area contributed by atoms with Crippen molar-refractivity contribution in [3.8, 4) is 11.4 Å². The van der Waals surface area contributed by atoms with Gasteiger partial charge in [-0.05, 0) is 29.8 Å². The Morgan fingerprint density at radius 2 is 1.61 bits per heavy atom. The summed E-state index contributed by atoms with van der Waals surface area (Å²) >= 11 is 0. The molecule has 0 saturated carbocycles. The highest BCUT2D eigenvalue weighted by atomic mass is 16.6. The maximum atomic E-state index is 13.0. The summed E-state index contributed by atoms with van der Waals surface area (Å²) in [5, 5.41) is 11.5. The van der Waals surface area contributed by atoms with Crippen molar-refractivity contribution in [2.75, 3.05) is 0 Å². The van der Waals surface area contributed by atoms with Crippen LogP contribution in [0.2, 0.25) is 0 Å². The van der Waals surface area contributed by atoms with Crippen LogP contribution in [0.4, 0.5) is 5.69 Å². The van der Waals surface area contributed by atoms with E-state index in [1.807, 2.05) is 36.4 Å². The molecule has 136 valence electrons. The van der Waals surface area contributed by atoms with Crippen molar-refractivity contribution >= 4 is 28.7 Å². The van der Waals surface area contributed by atoms with E-state index in [-0.39, 0.29) is 17.4 Å². The van der Waals surface area contributed by atoms with Crippen molar-refractivity contribution in [1.29, 1.82) is 0 Å². The number of nitrogens with zero attached hydrogens (tertiary/aromatic N) is 3. The average molecular weight is 369 g/mol. The Morgan fingerprint density at radius 1 is 0.929 bits per heavy atom. The summed E-state index contributed by atoms with van der Waals surface area (Å²) in [4.78, 5) is 28.5. The van der Waals surface area contributed by atoms with Crippen LogP contribution in [0.1, 0.15) is 10.4 Å². The van der Waals surface area contributed by atoms with Gasteiger partial charge < -0.3 is 0 Å². The molecule has 4 rings (SSSR count). The molecule has 0 spiro atoms. The fraction of sp³-hybridized carbons (Fsp3) is 0. The number of nitro groups is 1. The monoisotopic (exact) mass is 369 g/mol. The van der Waals surface area contributed by atoms with Crippen molar-refractivity contribution in [3.05, 3.63) is 101 Å². The first-order valence-corrected chi connectivity index (χ1v) is 8.64. The number of allylic oxidation sites excluding steroid dienone is 1. The van der Waals surface area contributed by atoms with Crippen molar-refractivity contribution in [2.24, 2.45) is 0 Å². The van der Waals surface area contributed by atoms with Crippen molar-refractivity contribution < 1.29 is 9.72 Å². The predicted octanol–water partition coefficient (Wildman–Crippen LogP) is 4.97. The lowest BCUT2D eigenvalue weighted by atomic mass is 10.1. The Balaban J connectivity index is 1.88. The van der Waals surface area contributed by atoms with Gasteiger partial charge in [-0.3, -0.25) is 19.5 Å². The minimum Gasteiger partial charge on any atom is -0.269 e. The molecule has 0 aliphatic carbocycles. The van der Waals surface area contributed by atoms with Crippen LogP contribution in [-0.2, 0) is 0 Å². The second-order valence-corrected chi connectivity index (χ2v) is 6.12. The number of carbonyl (C=O) groups excluding carboxylic acids is 1. The zero-order valence-electron chi connectivity index (χ0n) is 14.7. The van der Waals surface area contributed by atoms with E-state index in [4.69, 9.17) is 0 Å². The second-order valence-electron chi connectivity index (χ2n) is 6.12. The van der Waals surface area contributed by atoms with Crippen molar-refractivity contribution in [1.82, 2.24) is 9.55 Å². The Bertz CT molecular complexity index is 1210. The molecule has 4 aromatic rings. The molecule has 3 aromatic carbocycles. The van der Waals surface area contributed by atoms with Gasteiger partial charge in [-0.1, -0.05) is 54.6 Å². The molecule has 0 fully saturated rings. The zero-order valence-corrected chi connectivity index (χ0v) is 14.7. The summed E-state index contributed by atoms with van der Waals surface area (Å²) < 4.78 is 1.41. The van der Waals surface area contributed by atoms with Gasteiger partial charge in [0.25, 0.3) is 11.6 Å². The van der Waals surface area contributed by atoms with Crippen LogP contribution in [0.15, 0.2) is 84.9 Å². The number of rotatable bonds is 4. The molecule has 6 heteroatoms. The molecule has 0 unspecified atom stereocenters. The number of hydrogen-bond donors (Lipinski definition) is 0. The number of imidazole rings is 1. The first-order valence-electron chi connectivity index (χ1n) is 8.64. The van der Waals surface area contributed by atoms with Gasteiger partial charge in [-0.15, -0.1) is 0 Å². The van der Waals surface area contributed by atoms with Crippen LogP contribution in [0.5, 0.6) is 0 Å². The molecule has 0 atom stereocenters. The van der Waals surface area contributed by atoms with E-state index in [9.17, 15) is 14.9 Å². The highest BCUT2D eigenvalue weighted by Crippen LogP contribution is 2.31. The van der Waals surface area contributed by atoms with Gasteiger partial charge in [0.15, 0.2) is 5.82 Å². The van der Waals surface area contributed by atoms with Gasteiger partial charge >= 0.3 is 0 Å². The fourth-order valence-corrected chi connectivity index (χ4v) is 3.06. The average Bonchev–Trinajstić information content (AvgIpc) is 3.12. The Hall–Kier alpha value is -4.06. The second kappa shape index (κ2) is 7.28. The molecule has 0 saturated heterocycles. The Labute approximate surface area is 160 Å². The molecule has 0 aliphatic heterocycles. The summed E-state index contributed by atoms with van der Waals surface area (Å²) in [6, 6.07) is 22.9. The lowest BCUT2D eigenvalue weighted by Crippen LogP contribution is -2.09. The summed E-state index contributed by atoms with van der Waals surface area (Å²) in [6.07, 6.45) is 3.15. The van der Waals surface area contributed by atoms with E-state index in [1.54, 1.807) is 42.5 Å². The maximum Gasteiger partial charge on any atom is 0.280 e.